The third-order valence-corrected chi connectivity index (χ3v) is 3.76. The highest BCUT2D eigenvalue weighted by Crippen LogP contribution is 2.31. The minimum absolute atomic E-state index is 0.0917. The van der Waals surface area contributed by atoms with E-state index in [2.05, 4.69) is 0 Å². The summed E-state index contributed by atoms with van der Waals surface area (Å²) in [5.41, 5.74) is 1.59. The monoisotopic (exact) mass is 291 g/mol. The number of hydrogen-bond acceptors (Lipinski definition) is 3. The number of ketones is 1. The molecule has 0 unspecified atom stereocenters. The van der Waals surface area contributed by atoms with E-state index in [4.69, 9.17) is 9.47 Å². The molecule has 0 saturated carbocycles. The molecule has 0 aliphatic carbocycles. The van der Waals surface area contributed by atoms with E-state index < -0.39 is 0 Å². The predicted octanol–water partition coefficient (Wildman–Crippen LogP) is 3.72. The summed E-state index contributed by atoms with van der Waals surface area (Å²) in [4.78, 5) is 12.3. The SMILES string of the molecule is COc1ccc2c(ccn2/C=C2/Oc3ccccc3C2=O)c1. The van der Waals surface area contributed by atoms with Crippen molar-refractivity contribution < 1.29 is 14.3 Å². The average molecular weight is 291 g/mol. The maximum absolute atomic E-state index is 12.3. The number of nitrogens with zero attached hydrogens (tertiary/aromatic N) is 1. The minimum Gasteiger partial charge on any atom is -0.497 e. The van der Waals surface area contributed by atoms with Crippen molar-refractivity contribution in [2.24, 2.45) is 0 Å². The Morgan fingerprint density at radius 1 is 1.14 bits per heavy atom. The van der Waals surface area contributed by atoms with Crippen LogP contribution in [0, 0.1) is 0 Å². The van der Waals surface area contributed by atoms with Crippen molar-refractivity contribution in [3.8, 4) is 11.5 Å². The number of benzene rings is 2. The van der Waals surface area contributed by atoms with Gasteiger partial charge < -0.3 is 14.0 Å². The van der Waals surface area contributed by atoms with Gasteiger partial charge in [0.2, 0.25) is 5.78 Å². The topological polar surface area (TPSA) is 40.5 Å². The van der Waals surface area contributed by atoms with E-state index in [1.54, 1.807) is 25.4 Å². The first-order chi connectivity index (χ1) is 10.8. The summed E-state index contributed by atoms with van der Waals surface area (Å²) in [7, 11) is 1.64. The van der Waals surface area contributed by atoms with Crippen LogP contribution in [0.25, 0.3) is 17.1 Å². The first-order valence-corrected chi connectivity index (χ1v) is 6.94. The van der Waals surface area contributed by atoms with Gasteiger partial charge in [0.1, 0.15) is 11.5 Å². The lowest BCUT2D eigenvalue weighted by atomic mass is 10.1. The lowest BCUT2D eigenvalue weighted by molar-refractivity contribution is 0.101. The molecule has 4 heteroatoms. The van der Waals surface area contributed by atoms with Crippen molar-refractivity contribution >= 4 is 22.9 Å². The Kier molecular flexibility index (Phi) is 2.76. The first kappa shape index (κ1) is 12.7. The van der Waals surface area contributed by atoms with Gasteiger partial charge >= 0.3 is 0 Å². The molecular weight excluding hydrogens is 278 g/mol. The molecule has 4 rings (SSSR count). The fourth-order valence-corrected chi connectivity index (χ4v) is 2.63. The van der Waals surface area contributed by atoms with Crippen LogP contribution >= 0.6 is 0 Å². The average Bonchev–Trinajstić information content (AvgIpc) is 3.09. The first-order valence-electron chi connectivity index (χ1n) is 6.94. The number of para-hydroxylation sites is 1. The maximum atomic E-state index is 12.3. The molecule has 0 radical (unpaired) electrons. The summed E-state index contributed by atoms with van der Waals surface area (Å²) in [6.07, 6.45) is 3.62. The third-order valence-electron chi connectivity index (χ3n) is 3.76. The molecule has 108 valence electrons. The molecular formula is C18H13NO3. The summed E-state index contributed by atoms with van der Waals surface area (Å²) >= 11 is 0. The Hall–Kier alpha value is -3.01. The third kappa shape index (κ3) is 1.89. The molecule has 0 bridgehead atoms. The molecule has 4 nitrogen and oxygen atoms in total. The zero-order valence-electron chi connectivity index (χ0n) is 11.9. The summed E-state index contributed by atoms with van der Waals surface area (Å²) in [6, 6.07) is 15.0. The van der Waals surface area contributed by atoms with Gasteiger partial charge in [-0.2, -0.15) is 0 Å². The summed E-state index contributed by atoms with van der Waals surface area (Å²) in [5, 5.41) is 1.04. The molecule has 0 amide bonds. The van der Waals surface area contributed by atoms with Gasteiger partial charge in [-0.3, -0.25) is 4.79 Å². The second kappa shape index (κ2) is 4.77. The molecule has 3 aromatic rings. The van der Waals surface area contributed by atoms with Gasteiger partial charge in [-0.1, -0.05) is 12.1 Å². The van der Waals surface area contributed by atoms with Crippen molar-refractivity contribution in [3.63, 3.8) is 0 Å². The molecule has 2 heterocycles. The number of allylic oxidation sites excluding steroid dienone is 1. The fourth-order valence-electron chi connectivity index (χ4n) is 2.63. The van der Waals surface area contributed by atoms with Crippen molar-refractivity contribution in [2.45, 2.75) is 0 Å². The normalized spacial score (nSPS) is 15.1. The van der Waals surface area contributed by atoms with Crippen molar-refractivity contribution in [2.75, 3.05) is 7.11 Å². The van der Waals surface area contributed by atoms with Crippen LogP contribution in [0.5, 0.6) is 11.5 Å². The Morgan fingerprint density at radius 3 is 2.82 bits per heavy atom. The Morgan fingerprint density at radius 2 is 2.00 bits per heavy atom. The highest BCUT2D eigenvalue weighted by molar-refractivity contribution is 6.13. The number of fused-ring (bicyclic) bond motifs is 2. The van der Waals surface area contributed by atoms with Crippen LogP contribution < -0.4 is 9.47 Å². The molecule has 1 aromatic heterocycles. The van der Waals surface area contributed by atoms with Crippen LogP contribution in [0.3, 0.4) is 0 Å². The summed E-state index contributed by atoms with van der Waals surface area (Å²) < 4.78 is 12.8. The second-order valence-electron chi connectivity index (χ2n) is 5.07. The molecule has 2 aromatic carbocycles. The van der Waals surface area contributed by atoms with Gasteiger partial charge in [0.15, 0.2) is 5.76 Å². The number of ether oxygens (including phenoxy) is 2. The molecule has 0 saturated heterocycles. The van der Waals surface area contributed by atoms with E-state index >= 15 is 0 Å². The maximum Gasteiger partial charge on any atom is 0.233 e. The van der Waals surface area contributed by atoms with Crippen LogP contribution in [0.2, 0.25) is 0 Å². The van der Waals surface area contributed by atoms with E-state index in [0.717, 1.165) is 16.7 Å². The van der Waals surface area contributed by atoms with Gasteiger partial charge in [0.05, 0.1) is 24.4 Å². The standard InChI is InChI=1S/C18H13NO3/c1-21-13-6-7-15-12(10-13)8-9-19(15)11-17-18(20)14-4-2-3-5-16(14)22-17/h2-11H,1H3/b17-11+. The zero-order valence-corrected chi connectivity index (χ0v) is 11.9. The summed E-state index contributed by atoms with van der Waals surface area (Å²) in [6.45, 7) is 0. The van der Waals surface area contributed by atoms with Gasteiger partial charge in [-0.25, -0.2) is 0 Å². The molecule has 1 aliphatic rings. The van der Waals surface area contributed by atoms with E-state index in [1.807, 2.05) is 47.2 Å². The van der Waals surface area contributed by atoms with Crippen LogP contribution in [0.1, 0.15) is 10.4 Å². The number of carbonyl (C=O) groups is 1. The minimum atomic E-state index is -0.0917. The number of hydrogen-bond donors (Lipinski definition) is 0. The number of methoxy groups -OCH3 is 1. The fraction of sp³-hybridized carbons (Fsp3) is 0.0556. The highest BCUT2D eigenvalue weighted by Gasteiger charge is 2.26. The van der Waals surface area contributed by atoms with Gasteiger partial charge in [-0.15, -0.1) is 0 Å². The second-order valence-corrected chi connectivity index (χ2v) is 5.07. The van der Waals surface area contributed by atoms with Gasteiger partial charge in [0, 0.05) is 11.6 Å². The highest BCUT2D eigenvalue weighted by atomic mass is 16.5. The van der Waals surface area contributed by atoms with Crippen molar-refractivity contribution in [1.29, 1.82) is 0 Å². The molecule has 0 atom stereocenters. The lowest BCUT2D eigenvalue weighted by Crippen LogP contribution is -2.00. The van der Waals surface area contributed by atoms with E-state index in [0.29, 0.717) is 17.1 Å². The van der Waals surface area contributed by atoms with Crippen molar-refractivity contribution in [1.82, 2.24) is 4.57 Å². The molecule has 22 heavy (non-hydrogen) atoms. The number of rotatable bonds is 2. The van der Waals surface area contributed by atoms with Crippen LogP contribution in [-0.4, -0.2) is 17.5 Å². The van der Waals surface area contributed by atoms with Crippen LogP contribution in [0.4, 0.5) is 0 Å². The Balaban J connectivity index is 1.77. The number of carbonyl (C=O) groups excluding carboxylic acids is 1. The molecule has 0 spiro atoms. The lowest BCUT2D eigenvalue weighted by Gasteiger charge is -2.03. The van der Waals surface area contributed by atoms with Crippen LogP contribution in [-0.2, 0) is 0 Å². The smallest absolute Gasteiger partial charge is 0.233 e. The van der Waals surface area contributed by atoms with Crippen molar-refractivity contribution in [3.05, 3.63) is 66.1 Å². The number of Topliss-reactive ketones (excluding diaryl/α,β-unsaturated/α-hetero) is 1. The number of aromatic nitrogens is 1. The largest absolute Gasteiger partial charge is 0.497 e. The quantitative estimate of drug-likeness (QED) is 0.676. The van der Waals surface area contributed by atoms with Gasteiger partial charge in [0.25, 0.3) is 0 Å². The molecule has 1 aliphatic heterocycles. The zero-order chi connectivity index (χ0) is 15.1. The predicted molar refractivity (Wildman–Crippen MR) is 84.2 cm³/mol. The van der Waals surface area contributed by atoms with Gasteiger partial charge in [-0.05, 0) is 36.4 Å². The van der Waals surface area contributed by atoms with Crippen LogP contribution in [0.15, 0.2) is 60.5 Å². The summed E-state index contributed by atoms with van der Waals surface area (Å²) in [5.74, 6) is 1.65. The Bertz CT molecular complexity index is 921. The van der Waals surface area contributed by atoms with E-state index in [9.17, 15) is 4.79 Å². The Labute approximate surface area is 127 Å². The molecule has 0 N–H and O–H groups in total. The molecule has 0 fully saturated rings. The van der Waals surface area contributed by atoms with E-state index in [1.165, 1.54) is 0 Å². The van der Waals surface area contributed by atoms with E-state index in [-0.39, 0.29) is 5.78 Å².